The number of hydrogen-bond acceptors (Lipinski definition) is 4. The van der Waals surface area contributed by atoms with Gasteiger partial charge in [-0.05, 0) is 35.0 Å². The Morgan fingerprint density at radius 3 is 2.08 bits per heavy atom. The van der Waals surface area contributed by atoms with Gasteiger partial charge in [0.1, 0.15) is 5.65 Å². The second-order valence-corrected chi connectivity index (χ2v) is 11.1. The van der Waals surface area contributed by atoms with Crippen molar-refractivity contribution in [2.45, 2.75) is 0 Å². The first kappa shape index (κ1) is 21.8. The van der Waals surface area contributed by atoms with E-state index in [9.17, 15) is 0 Å². The van der Waals surface area contributed by atoms with Crippen LogP contribution in [0.2, 0.25) is 0 Å². The van der Waals surface area contributed by atoms with Crippen molar-refractivity contribution in [2.24, 2.45) is 0 Å². The molecule has 0 fully saturated rings. The number of rotatable bonds is 2. The maximum atomic E-state index is 5.27. The van der Waals surface area contributed by atoms with E-state index < -0.39 is 0 Å². The minimum atomic E-state index is 0.630. The van der Waals surface area contributed by atoms with Crippen molar-refractivity contribution in [3.8, 4) is 17.2 Å². The van der Waals surface area contributed by atoms with E-state index in [0.29, 0.717) is 5.95 Å². The summed E-state index contributed by atoms with van der Waals surface area (Å²) in [7, 11) is 0. The number of aromatic nitrogens is 4. The molecule has 5 heteroatoms. The highest BCUT2D eigenvalue weighted by atomic mass is 32.1. The lowest BCUT2D eigenvalue weighted by molar-refractivity contribution is 1.00. The van der Waals surface area contributed by atoms with Crippen LogP contribution in [-0.2, 0) is 0 Å². The van der Waals surface area contributed by atoms with Crippen molar-refractivity contribution in [1.29, 1.82) is 0 Å². The molecule has 9 aromatic rings. The molecule has 0 saturated heterocycles. The van der Waals surface area contributed by atoms with E-state index in [1.54, 1.807) is 0 Å². The molecule has 9 rings (SSSR count). The number of hydrogen-bond donors (Lipinski definition) is 0. The second kappa shape index (κ2) is 8.18. The zero-order valence-electron chi connectivity index (χ0n) is 21.2. The van der Waals surface area contributed by atoms with Gasteiger partial charge >= 0.3 is 0 Å². The first-order valence-electron chi connectivity index (χ1n) is 13.3. The van der Waals surface area contributed by atoms with Crippen molar-refractivity contribution in [2.75, 3.05) is 0 Å². The summed E-state index contributed by atoms with van der Waals surface area (Å²) < 4.78 is 4.68. The Kier molecular flexibility index (Phi) is 4.45. The van der Waals surface area contributed by atoms with E-state index in [-0.39, 0.29) is 0 Å². The van der Waals surface area contributed by atoms with E-state index in [2.05, 4.69) is 95.6 Å². The molecule has 0 atom stereocenters. The predicted molar refractivity (Wildman–Crippen MR) is 168 cm³/mol. The molecule has 4 aromatic heterocycles. The molecule has 186 valence electrons. The van der Waals surface area contributed by atoms with Gasteiger partial charge in [0.15, 0.2) is 0 Å². The highest BCUT2D eigenvalue weighted by Gasteiger charge is 2.24. The standard InChI is InChI=1S/C35H20N4S/c1-2-11-21(12-3-1)31-24-15-6-8-18-27(24)37-35(38-31)39-32-29(26-17-10-20-36-34(26)39)22-13-4-5-14-23(22)30-25-16-7-9-19-28(25)40-33(30)32/h1-20H. The fourth-order valence-electron chi connectivity index (χ4n) is 6.18. The van der Waals surface area contributed by atoms with Crippen molar-refractivity contribution < 1.29 is 0 Å². The normalized spacial score (nSPS) is 12.0. The maximum Gasteiger partial charge on any atom is 0.237 e. The monoisotopic (exact) mass is 528 g/mol. The smallest absolute Gasteiger partial charge is 0.237 e. The molecular formula is C35H20N4S. The van der Waals surface area contributed by atoms with Crippen LogP contribution in [0.5, 0.6) is 0 Å². The van der Waals surface area contributed by atoms with Crippen LogP contribution in [0.25, 0.3) is 81.0 Å². The van der Waals surface area contributed by atoms with Gasteiger partial charge in [0.2, 0.25) is 5.95 Å². The summed E-state index contributed by atoms with van der Waals surface area (Å²) in [6.07, 6.45) is 1.86. The minimum absolute atomic E-state index is 0.630. The molecule has 5 aromatic carbocycles. The van der Waals surface area contributed by atoms with Crippen molar-refractivity contribution >= 4 is 75.1 Å². The van der Waals surface area contributed by atoms with Crippen LogP contribution in [0.15, 0.2) is 121 Å². The molecule has 0 radical (unpaired) electrons. The van der Waals surface area contributed by atoms with E-state index in [0.717, 1.165) is 38.7 Å². The van der Waals surface area contributed by atoms with Crippen LogP contribution in [0.1, 0.15) is 0 Å². The Balaban J connectivity index is 1.54. The van der Waals surface area contributed by atoms with E-state index in [1.807, 2.05) is 41.8 Å². The molecule has 0 aliphatic carbocycles. The summed E-state index contributed by atoms with van der Waals surface area (Å²) in [4.78, 5) is 15.4. The Bertz CT molecular complexity index is 2440. The Labute approximate surface area is 232 Å². The summed E-state index contributed by atoms with van der Waals surface area (Å²) in [6.45, 7) is 0. The first-order chi connectivity index (χ1) is 19.9. The van der Waals surface area contributed by atoms with Crippen LogP contribution in [0.3, 0.4) is 0 Å². The van der Waals surface area contributed by atoms with E-state index in [1.165, 1.54) is 36.3 Å². The molecule has 0 aliphatic rings. The Hall–Kier alpha value is -5.13. The SMILES string of the molecule is c1ccc(-c2nc(-n3c4ncccc4c4c5ccccc5c5c6ccccc6sc5c43)nc3ccccc23)cc1. The maximum absolute atomic E-state index is 5.27. The molecule has 4 nitrogen and oxygen atoms in total. The summed E-state index contributed by atoms with van der Waals surface area (Å²) in [6, 6.07) is 40.3. The zero-order chi connectivity index (χ0) is 26.2. The van der Waals surface area contributed by atoms with Gasteiger partial charge in [-0.3, -0.25) is 4.57 Å². The summed E-state index contributed by atoms with van der Waals surface area (Å²) >= 11 is 1.83. The van der Waals surface area contributed by atoms with Gasteiger partial charge < -0.3 is 0 Å². The quantitative estimate of drug-likeness (QED) is 0.225. The lowest BCUT2D eigenvalue weighted by Gasteiger charge is -2.12. The molecule has 0 bridgehead atoms. The molecule has 0 unspecified atom stereocenters. The van der Waals surface area contributed by atoms with Crippen LogP contribution in [-0.4, -0.2) is 19.5 Å². The van der Waals surface area contributed by atoms with Crippen molar-refractivity contribution in [3.63, 3.8) is 0 Å². The van der Waals surface area contributed by atoms with E-state index in [4.69, 9.17) is 15.0 Å². The highest BCUT2D eigenvalue weighted by Crippen LogP contribution is 2.47. The molecule has 0 aliphatic heterocycles. The van der Waals surface area contributed by atoms with Gasteiger partial charge in [0, 0.05) is 43.4 Å². The number of thiophene rings is 1. The number of benzene rings is 5. The Morgan fingerprint density at radius 2 is 1.23 bits per heavy atom. The predicted octanol–water partition coefficient (Wildman–Crippen LogP) is 9.31. The average molecular weight is 529 g/mol. The minimum Gasteiger partial charge on any atom is -0.260 e. The van der Waals surface area contributed by atoms with Crippen molar-refractivity contribution in [1.82, 2.24) is 19.5 Å². The van der Waals surface area contributed by atoms with Crippen molar-refractivity contribution in [3.05, 3.63) is 121 Å². The lowest BCUT2D eigenvalue weighted by Crippen LogP contribution is -2.04. The first-order valence-corrected chi connectivity index (χ1v) is 14.1. The zero-order valence-corrected chi connectivity index (χ0v) is 22.1. The molecule has 0 N–H and O–H groups in total. The third-order valence-corrected chi connectivity index (χ3v) is 9.02. The summed E-state index contributed by atoms with van der Waals surface area (Å²) in [5.74, 6) is 0.630. The lowest BCUT2D eigenvalue weighted by atomic mass is 9.99. The molecule has 4 heterocycles. The van der Waals surface area contributed by atoms with Gasteiger partial charge in [-0.15, -0.1) is 11.3 Å². The van der Waals surface area contributed by atoms with Gasteiger partial charge in [-0.2, -0.15) is 0 Å². The van der Waals surface area contributed by atoms with E-state index >= 15 is 0 Å². The average Bonchev–Trinajstić information content (AvgIpc) is 3.58. The fraction of sp³-hybridized carbons (Fsp3) is 0. The van der Waals surface area contributed by atoms with Crippen LogP contribution < -0.4 is 0 Å². The van der Waals surface area contributed by atoms with Gasteiger partial charge in [0.05, 0.1) is 21.4 Å². The van der Waals surface area contributed by atoms with Crippen LogP contribution >= 0.6 is 11.3 Å². The number of pyridine rings is 1. The molecular weight excluding hydrogens is 508 g/mol. The fourth-order valence-corrected chi connectivity index (χ4v) is 7.44. The number of nitrogens with zero attached hydrogens (tertiary/aromatic N) is 4. The number of para-hydroxylation sites is 1. The third-order valence-electron chi connectivity index (χ3n) is 7.84. The summed E-state index contributed by atoms with van der Waals surface area (Å²) in [5.41, 5.74) is 4.86. The number of fused-ring (bicyclic) bond motifs is 11. The topological polar surface area (TPSA) is 43.6 Å². The van der Waals surface area contributed by atoms with Crippen LogP contribution in [0, 0.1) is 0 Å². The Morgan fingerprint density at radius 1 is 0.550 bits per heavy atom. The molecule has 40 heavy (non-hydrogen) atoms. The second-order valence-electron chi connectivity index (χ2n) is 10.0. The van der Waals surface area contributed by atoms with Crippen LogP contribution in [0.4, 0.5) is 0 Å². The molecule has 0 amide bonds. The molecule has 0 spiro atoms. The summed E-state index contributed by atoms with van der Waals surface area (Å²) in [5, 5.41) is 8.35. The largest absolute Gasteiger partial charge is 0.260 e. The molecule has 0 saturated carbocycles. The highest BCUT2D eigenvalue weighted by molar-refractivity contribution is 7.27. The van der Waals surface area contributed by atoms with Gasteiger partial charge in [0.25, 0.3) is 0 Å². The van der Waals surface area contributed by atoms with Gasteiger partial charge in [-0.25, -0.2) is 15.0 Å². The van der Waals surface area contributed by atoms with Gasteiger partial charge in [-0.1, -0.05) is 91.0 Å². The third kappa shape index (κ3) is 2.92.